The molecule has 1 N–H and O–H groups in total. The average molecular weight is 534 g/mol. The molecule has 0 bridgehead atoms. The van der Waals surface area contributed by atoms with Gasteiger partial charge in [-0.3, -0.25) is 4.79 Å². The largest absolute Gasteiger partial charge is 0.379 e. The predicted octanol–water partition coefficient (Wildman–Crippen LogP) is 4.56. The Balaban J connectivity index is 1.28. The number of carbonyl (C=O) groups excluding carboxylic acids is 1. The summed E-state index contributed by atoms with van der Waals surface area (Å²) in [5.41, 5.74) is 3.29. The van der Waals surface area contributed by atoms with Gasteiger partial charge in [0.1, 0.15) is 11.5 Å². The summed E-state index contributed by atoms with van der Waals surface area (Å²) < 4.78 is 11.1. The third kappa shape index (κ3) is 5.86. The van der Waals surface area contributed by atoms with Gasteiger partial charge < -0.3 is 19.7 Å². The van der Waals surface area contributed by atoms with Crippen molar-refractivity contribution >= 4 is 29.1 Å². The van der Waals surface area contributed by atoms with Crippen molar-refractivity contribution in [1.29, 1.82) is 0 Å². The summed E-state index contributed by atoms with van der Waals surface area (Å²) in [7, 11) is 1.74. The number of amides is 1. The van der Waals surface area contributed by atoms with Gasteiger partial charge in [-0.1, -0.05) is 29.3 Å². The molecule has 7 nitrogen and oxygen atoms in total. The Morgan fingerprint density at radius 3 is 2.61 bits per heavy atom. The van der Waals surface area contributed by atoms with Crippen LogP contribution in [-0.4, -0.2) is 72.4 Å². The van der Waals surface area contributed by atoms with E-state index in [1.54, 1.807) is 13.2 Å². The molecular formula is C27H34Cl2N4O3. The fourth-order valence-electron chi connectivity index (χ4n) is 5.17. The normalized spacial score (nSPS) is 23.2. The van der Waals surface area contributed by atoms with Gasteiger partial charge in [0.2, 0.25) is 0 Å². The number of nitrogens with one attached hydrogen (secondary N) is 1. The molecule has 0 unspecified atom stereocenters. The number of carbonyl (C=O) groups is 1. The van der Waals surface area contributed by atoms with Gasteiger partial charge in [0.05, 0.1) is 28.5 Å². The van der Waals surface area contributed by atoms with Crippen LogP contribution in [0, 0.1) is 6.92 Å². The summed E-state index contributed by atoms with van der Waals surface area (Å²) in [6.45, 7) is 4.77. The van der Waals surface area contributed by atoms with Crippen LogP contribution in [0.5, 0.6) is 0 Å². The van der Waals surface area contributed by atoms with Gasteiger partial charge in [0.25, 0.3) is 5.91 Å². The molecule has 2 atom stereocenters. The Morgan fingerprint density at radius 2 is 1.92 bits per heavy atom. The van der Waals surface area contributed by atoms with Crippen molar-refractivity contribution < 1.29 is 14.3 Å². The molecule has 2 saturated heterocycles. The minimum absolute atomic E-state index is 0.00599. The van der Waals surface area contributed by atoms with Crippen LogP contribution in [0.1, 0.15) is 71.2 Å². The number of halogens is 2. The van der Waals surface area contributed by atoms with Crippen molar-refractivity contribution in [1.82, 2.24) is 20.2 Å². The summed E-state index contributed by atoms with van der Waals surface area (Å²) >= 11 is 12.3. The number of rotatable bonds is 7. The molecule has 3 heterocycles. The van der Waals surface area contributed by atoms with E-state index in [4.69, 9.17) is 42.6 Å². The van der Waals surface area contributed by atoms with Gasteiger partial charge in [-0.2, -0.15) is 0 Å². The third-order valence-electron chi connectivity index (χ3n) is 7.60. The van der Waals surface area contributed by atoms with Gasteiger partial charge in [-0.15, -0.1) is 0 Å². The van der Waals surface area contributed by atoms with E-state index in [-0.39, 0.29) is 12.0 Å². The molecule has 3 fully saturated rings. The second kappa shape index (κ2) is 11.3. The van der Waals surface area contributed by atoms with Crippen LogP contribution in [0.4, 0.5) is 0 Å². The van der Waals surface area contributed by atoms with Crippen molar-refractivity contribution in [2.75, 3.05) is 33.4 Å². The Labute approximate surface area is 222 Å². The lowest BCUT2D eigenvalue weighted by Crippen LogP contribution is -2.54. The first-order chi connectivity index (χ1) is 17.4. The van der Waals surface area contributed by atoms with Crippen LogP contribution in [0.25, 0.3) is 0 Å². The second-order valence-corrected chi connectivity index (χ2v) is 11.0. The van der Waals surface area contributed by atoms with E-state index in [0.29, 0.717) is 59.9 Å². The highest BCUT2D eigenvalue weighted by atomic mass is 35.5. The van der Waals surface area contributed by atoms with Gasteiger partial charge in [0, 0.05) is 56.8 Å². The molecule has 0 radical (unpaired) electrons. The van der Waals surface area contributed by atoms with E-state index in [2.05, 4.69) is 5.32 Å². The van der Waals surface area contributed by atoms with Gasteiger partial charge >= 0.3 is 0 Å². The number of methoxy groups -OCH3 is 1. The molecule has 2 aromatic rings. The van der Waals surface area contributed by atoms with Crippen LogP contribution in [0.2, 0.25) is 10.0 Å². The van der Waals surface area contributed by atoms with Crippen molar-refractivity contribution in [2.45, 2.75) is 69.6 Å². The second-order valence-electron chi connectivity index (χ2n) is 10.2. The van der Waals surface area contributed by atoms with Crippen molar-refractivity contribution in [2.24, 2.45) is 0 Å². The molecule has 1 aromatic carbocycles. The molecule has 36 heavy (non-hydrogen) atoms. The molecule has 0 spiro atoms. The monoisotopic (exact) mass is 532 g/mol. The highest BCUT2D eigenvalue weighted by Gasteiger charge is 2.33. The van der Waals surface area contributed by atoms with E-state index < -0.39 is 0 Å². The molecule has 1 aliphatic carbocycles. The molecule has 1 amide bonds. The number of nitrogens with zero attached hydrogens (tertiary/aromatic N) is 3. The van der Waals surface area contributed by atoms with Crippen LogP contribution in [0.3, 0.4) is 0 Å². The molecular weight excluding hydrogens is 499 g/mol. The lowest BCUT2D eigenvalue weighted by atomic mass is 9.99. The van der Waals surface area contributed by atoms with E-state index >= 15 is 0 Å². The van der Waals surface area contributed by atoms with Crippen molar-refractivity contribution in [3.8, 4) is 0 Å². The maximum atomic E-state index is 13.7. The Hall–Kier alpha value is -1.77. The lowest BCUT2D eigenvalue weighted by molar-refractivity contribution is -0.0533. The van der Waals surface area contributed by atoms with Gasteiger partial charge in [-0.25, -0.2) is 9.97 Å². The first-order valence-electron chi connectivity index (χ1n) is 12.9. The molecule has 1 aromatic heterocycles. The summed E-state index contributed by atoms with van der Waals surface area (Å²) in [5.74, 6) is 1.15. The minimum Gasteiger partial charge on any atom is -0.379 e. The number of aromatic nitrogens is 2. The van der Waals surface area contributed by atoms with Crippen LogP contribution in [-0.2, 0) is 15.9 Å². The first-order valence-corrected chi connectivity index (χ1v) is 13.7. The van der Waals surface area contributed by atoms with Crippen LogP contribution < -0.4 is 5.32 Å². The topological polar surface area (TPSA) is 76.6 Å². The number of likely N-dealkylation sites (tertiary alicyclic amines) is 1. The molecule has 9 heteroatoms. The highest BCUT2D eigenvalue weighted by molar-refractivity contribution is 6.42. The fraction of sp³-hybridized carbons (Fsp3) is 0.593. The molecule has 5 rings (SSSR count). The zero-order valence-electron chi connectivity index (χ0n) is 20.9. The van der Waals surface area contributed by atoms with E-state index in [0.717, 1.165) is 61.4 Å². The Morgan fingerprint density at radius 1 is 1.14 bits per heavy atom. The van der Waals surface area contributed by atoms with Crippen molar-refractivity contribution in [3.63, 3.8) is 0 Å². The quantitative estimate of drug-likeness (QED) is 0.563. The van der Waals surface area contributed by atoms with Crippen molar-refractivity contribution in [3.05, 3.63) is 56.6 Å². The van der Waals surface area contributed by atoms with Gasteiger partial charge in [0.15, 0.2) is 0 Å². The van der Waals surface area contributed by atoms with Crippen LogP contribution in [0.15, 0.2) is 18.2 Å². The molecule has 194 valence electrons. The zero-order chi connectivity index (χ0) is 25.2. The Bertz CT molecular complexity index is 1100. The summed E-state index contributed by atoms with van der Waals surface area (Å²) in [6, 6.07) is 6.29. The number of benzene rings is 1. The van der Waals surface area contributed by atoms with Gasteiger partial charge in [-0.05, 0) is 56.7 Å². The summed E-state index contributed by atoms with van der Waals surface area (Å²) in [6.07, 6.45) is 5.59. The molecule has 2 aliphatic heterocycles. The lowest BCUT2D eigenvalue weighted by Gasteiger charge is -2.38. The van der Waals surface area contributed by atoms with E-state index in [1.807, 2.05) is 24.0 Å². The SMILES string of the molecule is CO[C@@H]1COCC[C@@H]1NC1CCN(C(=O)c2nc(C3CC3)nc(Cc3ccc(Cl)c(Cl)c3)c2C)CC1. The highest BCUT2D eigenvalue weighted by Crippen LogP contribution is 2.39. The van der Waals surface area contributed by atoms with E-state index in [9.17, 15) is 4.79 Å². The number of piperidine rings is 1. The molecule has 1 saturated carbocycles. The summed E-state index contributed by atoms with van der Waals surface area (Å²) in [5, 5.41) is 4.81. The fourth-order valence-corrected chi connectivity index (χ4v) is 5.49. The minimum atomic E-state index is 0.00599. The average Bonchev–Trinajstić information content (AvgIpc) is 3.73. The smallest absolute Gasteiger partial charge is 0.272 e. The Kier molecular flexibility index (Phi) is 8.13. The predicted molar refractivity (Wildman–Crippen MR) is 140 cm³/mol. The van der Waals surface area contributed by atoms with Crippen LogP contribution >= 0.6 is 23.2 Å². The first kappa shape index (κ1) is 25.9. The number of hydrogen-bond acceptors (Lipinski definition) is 6. The van der Waals surface area contributed by atoms with E-state index in [1.165, 1.54) is 0 Å². The maximum absolute atomic E-state index is 13.7. The standard InChI is InChI=1S/C27H34Cl2N4O3/c1-16-23(14-17-3-6-20(28)21(29)13-17)31-26(18-4-5-18)32-25(16)27(34)33-10-7-19(8-11-33)30-22-9-12-36-15-24(22)35-2/h3,6,13,18-19,22,24,30H,4-5,7-12,14-15H2,1-2H3/t22-,24+/m0/s1. The zero-order valence-corrected chi connectivity index (χ0v) is 22.4. The summed E-state index contributed by atoms with van der Waals surface area (Å²) in [4.78, 5) is 25.3. The molecule has 3 aliphatic rings. The maximum Gasteiger partial charge on any atom is 0.272 e. The third-order valence-corrected chi connectivity index (χ3v) is 8.34. The number of hydrogen-bond donors (Lipinski definition) is 1. The number of ether oxygens (including phenoxy) is 2.